The molecule has 2 aliphatic rings. The first-order valence-electron chi connectivity index (χ1n) is 7.46. The van der Waals surface area contributed by atoms with E-state index in [4.69, 9.17) is 0 Å². The summed E-state index contributed by atoms with van der Waals surface area (Å²) in [5.74, 6) is 0.458. The average molecular weight is 319 g/mol. The molecule has 21 heavy (non-hydrogen) atoms. The average Bonchev–Trinajstić information content (AvgIpc) is 2.98. The Hall–Kier alpha value is -1.13. The van der Waals surface area contributed by atoms with Crippen molar-refractivity contribution in [3.8, 4) is 0 Å². The molecule has 3 rings (SSSR count). The number of hydrogen-bond acceptors (Lipinski definition) is 2. The van der Waals surface area contributed by atoms with E-state index in [0.29, 0.717) is 10.8 Å². The Labute approximate surface area is 128 Å². The second kappa shape index (κ2) is 4.68. The van der Waals surface area contributed by atoms with Crippen LogP contribution in [0, 0.1) is 18.8 Å². The van der Waals surface area contributed by atoms with Crippen LogP contribution in [0.3, 0.4) is 0 Å². The summed E-state index contributed by atoms with van der Waals surface area (Å²) in [4.78, 5) is 1.16. The first-order chi connectivity index (χ1) is 9.71. The first-order valence-corrected chi connectivity index (χ1v) is 12.4. The van der Waals surface area contributed by atoms with Crippen LogP contribution in [-0.4, -0.2) is 16.5 Å². The smallest absolute Gasteiger partial charge is 0.202 e. The van der Waals surface area contributed by atoms with Gasteiger partial charge in [-0.2, -0.15) is 0 Å². The standard InChI is InChI=1S/C17H22O2SSi/c1-12-5-9-15(10-6-12)20(18,19)16-13-7-8-14(11-13)17(16)21(2,3)4/h5-10,13-14H,11H2,1-4H3. The molecule has 0 radical (unpaired) electrons. The van der Waals surface area contributed by atoms with Crippen LogP contribution in [0.4, 0.5) is 0 Å². The summed E-state index contributed by atoms with van der Waals surface area (Å²) in [5, 5.41) is 1.25. The second-order valence-corrected chi connectivity index (χ2v) is 14.1. The fourth-order valence-corrected chi connectivity index (χ4v) is 8.94. The van der Waals surface area contributed by atoms with Crippen LogP contribution >= 0.6 is 0 Å². The lowest BCUT2D eigenvalue weighted by molar-refractivity contribution is 0.596. The van der Waals surface area contributed by atoms with Gasteiger partial charge in [-0.15, -0.1) is 0 Å². The molecular formula is C17H22O2SSi. The minimum Gasteiger partial charge on any atom is -0.219 e. The summed E-state index contributed by atoms with van der Waals surface area (Å²) in [7, 11) is -5.00. The van der Waals surface area contributed by atoms with Crippen molar-refractivity contribution in [1.82, 2.24) is 0 Å². The lowest BCUT2D eigenvalue weighted by Gasteiger charge is -2.26. The summed E-state index contributed by atoms with van der Waals surface area (Å²) in [5.41, 5.74) is 1.08. The van der Waals surface area contributed by atoms with E-state index >= 15 is 0 Å². The molecule has 2 nitrogen and oxygen atoms in total. The van der Waals surface area contributed by atoms with E-state index in [9.17, 15) is 8.42 Å². The van der Waals surface area contributed by atoms with Crippen molar-refractivity contribution < 1.29 is 8.42 Å². The van der Waals surface area contributed by atoms with Crippen molar-refractivity contribution >= 4 is 17.9 Å². The number of rotatable bonds is 3. The molecule has 0 amide bonds. The van der Waals surface area contributed by atoms with Crippen molar-refractivity contribution in [2.24, 2.45) is 11.8 Å². The molecule has 2 atom stereocenters. The van der Waals surface area contributed by atoms with Crippen molar-refractivity contribution in [3.05, 3.63) is 52.1 Å². The van der Waals surface area contributed by atoms with E-state index in [0.717, 1.165) is 16.9 Å². The Balaban J connectivity index is 2.17. The SMILES string of the molecule is Cc1ccc(S(=O)(=O)C2=C([Si](C)(C)C)C3C=CC2C3)cc1. The van der Waals surface area contributed by atoms with Gasteiger partial charge in [0.2, 0.25) is 9.84 Å². The third-order valence-electron chi connectivity index (χ3n) is 4.49. The highest BCUT2D eigenvalue weighted by molar-refractivity contribution is 7.95. The van der Waals surface area contributed by atoms with Gasteiger partial charge < -0.3 is 0 Å². The van der Waals surface area contributed by atoms with E-state index in [1.807, 2.05) is 19.1 Å². The minimum atomic E-state index is -3.36. The number of hydrogen-bond donors (Lipinski definition) is 0. The molecule has 112 valence electrons. The molecule has 0 spiro atoms. The van der Waals surface area contributed by atoms with Gasteiger partial charge in [-0.05, 0) is 31.4 Å². The van der Waals surface area contributed by atoms with Gasteiger partial charge in [0.25, 0.3) is 0 Å². The fraction of sp³-hybridized carbons (Fsp3) is 0.412. The normalized spacial score (nSPS) is 25.0. The summed E-state index contributed by atoms with van der Waals surface area (Å²) in [6.45, 7) is 8.73. The van der Waals surface area contributed by atoms with Crippen LogP contribution in [0.2, 0.25) is 19.6 Å². The van der Waals surface area contributed by atoms with Crippen molar-refractivity contribution in [1.29, 1.82) is 0 Å². The van der Waals surface area contributed by atoms with Crippen LogP contribution in [-0.2, 0) is 9.84 Å². The number of fused-ring (bicyclic) bond motifs is 2. The topological polar surface area (TPSA) is 34.1 Å². The van der Waals surface area contributed by atoms with Crippen LogP contribution < -0.4 is 0 Å². The molecule has 0 heterocycles. The zero-order valence-corrected chi connectivity index (χ0v) is 14.9. The van der Waals surface area contributed by atoms with Gasteiger partial charge >= 0.3 is 0 Å². The van der Waals surface area contributed by atoms with Crippen LogP contribution in [0.15, 0.2) is 51.4 Å². The van der Waals surface area contributed by atoms with Crippen LogP contribution in [0.25, 0.3) is 0 Å². The second-order valence-electron chi connectivity index (χ2n) is 7.18. The summed E-state index contributed by atoms with van der Waals surface area (Å²) >= 11 is 0. The van der Waals surface area contributed by atoms with E-state index in [1.54, 1.807) is 12.1 Å². The molecule has 0 fully saturated rings. The van der Waals surface area contributed by atoms with E-state index in [2.05, 4.69) is 31.8 Å². The molecule has 1 aromatic carbocycles. The number of benzene rings is 1. The highest BCUT2D eigenvalue weighted by Gasteiger charge is 2.45. The van der Waals surface area contributed by atoms with E-state index < -0.39 is 17.9 Å². The van der Waals surface area contributed by atoms with Crippen LogP contribution in [0.5, 0.6) is 0 Å². The molecular weight excluding hydrogens is 296 g/mol. The fourth-order valence-electron chi connectivity index (χ4n) is 3.60. The van der Waals surface area contributed by atoms with Gasteiger partial charge in [0, 0.05) is 5.92 Å². The molecule has 4 heteroatoms. The molecule has 0 N–H and O–H groups in total. The third-order valence-corrected chi connectivity index (χ3v) is 8.92. The van der Waals surface area contributed by atoms with Gasteiger partial charge in [0.15, 0.2) is 0 Å². The largest absolute Gasteiger partial charge is 0.219 e. The highest BCUT2D eigenvalue weighted by atomic mass is 32.2. The molecule has 2 unspecified atom stereocenters. The van der Waals surface area contributed by atoms with Crippen LogP contribution in [0.1, 0.15) is 12.0 Å². The van der Waals surface area contributed by atoms with Crippen molar-refractivity contribution in [2.75, 3.05) is 0 Å². The maximum atomic E-state index is 13.1. The Kier molecular flexibility index (Phi) is 3.30. The first kappa shape index (κ1) is 14.8. The lowest BCUT2D eigenvalue weighted by atomic mass is 10.2. The van der Waals surface area contributed by atoms with E-state index in [1.165, 1.54) is 5.20 Å². The van der Waals surface area contributed by atoms with Crippen molar-refractivity contribution in [2.45, 2.75) is 37.9 Å². The molecule has 2 aliphatic carbocycles. The maximum Gasteiger partial charge on any atom is 0.202 e. The molecule has 0 saturated heterocycles. The third kappa shape index (κ3) is 2.34. The lowest BCUT2D eigenvalue weighted by Crippen LogP contribution is -2.30. The quantitative estimate of drug-likeness (QED) is 0.621. The van der Waals surface area contributed by atoms with E-state index in [-0.39, 0.29) is 5.92 Å². The Morgan fingerprint density at radius 1 is 1.00 bits per heavy atom. The Morgan fingerprint density at radius 2 is 1.57 bits per heavy atom. The molecule has 0 aromatic heterocycles. The van der Waals surface area contributed by atoms with Gasteiger partial charge in [0.1, 0.15) is 0 Å². The Bertz CT molecular complexity index is 734. The monoisotopic (exact) mass is 318 g/mol. The highest BCUT2D eigenvalue weighted by Crippen LogP contribution is 2.50. The van der Waals surface area contributed by atoms with Gasteiger partial charge in [0.05, 0.1) is 17.9 Å². The summed E-state index contributed by atoms with van der Waals surface area (Å²) in [6, 6.07) is 7.25. The summed E-state index contributed by atoms with van der Waals surface area (Å²) < 4.78 is 26.2. The minimum absolute atomic E-state index is 0.100. The van der Waals surface area contributed by atoms with Gasteiger partial charge in [-0.3, -0.25) is 0 Å². The van der Waals surface area contributed by atoms with Crippen molar-refractivity contribution in [3.63, 3.8) is 0 Å². The number of aryl methyl sites for hydroxylation is 1. The number of allylic oxidation sites excluding steroid dienone is 4. The summed E-state index contributed by atoms with van der Waals surface area (Å²) in [6.07, 6.45) is 5.27. The Morgan fingerprint density at radius 3 is 2.14 bits per heavy atom. The predicted octanol–water partition coefficient (Wildman–Crippen LogP) is 4.11. The molecule has 0 aliphatic heterocycles. The van der Waals surface area contributed by atoms with Gasteiger partial charge in [-0.1, -0.05) is 54.7 Å². The zero-order chi connectivity index (χ0) is 15.4. The zero-order valence-electron chi connectivity index (χ0n) is 13.1. The van der Waals surface area contributed by atoms with Gasteiger partial charge in [-0.25, -0.2) is 8.42 Å². The number of sulfone groups is 1. The maximum absolute atomic E-state index is 13.1. The predicted molar refractivity (Wildman–Crippen MR) is 89.5 cm³/mol. The molecule has 1 aromatic rings. The molecule has 2 bridgehead atoms. The molecule has 0 saturated carbocycles.